The Morgan fingerprint density at radius 3 is 0.771 bits per heavy atom. The molecule has 0 unspecified atom stereocenters. The Morgan fingerprint density at radius 2 is 0.508 bits per heavy atom. The Balaban J connectivity index is 0.0000348. The van der Waals surface area contributed by atoms with Gasteiger partial charge in [0.05, 0.1) is 230 Å². The van der Waals surface area contributed by atoms with Crippen molar-refractivity contribution in [3.63, 3.8) is 0 Å². The molecule has 0 aliphatic heterocycles. The summed E-state index contributed by atoms with van der Waals surface area (Å²) in [5.41, 5.74) is 1.40. The fourth-order valence-electron chi connectivity index (χ4n) is 9.80. The van der Waals surface area contributed by atoms with Gasteiger partial charge in [-0.15, -0.1) is 0 Å². The summed E-state index contributed by atoms with van der Waals surface area (Å²) in [6.45, 7) is 5.50. The van der Waals surface area contributed by atoms with E-state index in [-0.39, 0.29) is 241 Å². The number of carbonyl (C=O) groups excluding carboxylic acids is 2. The van der Waals surface area contributed by atoms with E-state index in [1.807, 2.05) is 0 Å². The summed E-state index contributed by atoms with van der Waals surface area (Å²) < 4.78 is 156. The van der Waals surface area contributed by atoms with Crippen LogP contribution >= 0.6 is 0 Å². The van der Waals surface area contributed by atoms with Gasteiger partial charge in [-0.2, -0.15) is 0 Å². The van der Waals surface area contributed by atoms with Crippen LogP contribution in [0.2, 0.25) is 0 Å². The monoisotopic (exact) mass is 1790 g/mol. The molecule has 39 nitrogen and oxygen atoms in total. The van der Waals surface area contributed by atoms with Gasteiger partial charge in [0.15, 0.2) is 23.0 Å². The van der Waals surface area contributed by atoms with Gasteiger partial charge in [0, 0.05) is 102 Å². The molecule has 0 fully saturated rings. The molecule has 0 aliphatic rings. The van der Waals surface area contributed by atoms with Crippen LogP contribution in [-0.4, -0.2) is 399 Å². The summed E-state index contributed by atoms with van der Waals surface area (Å²) in [5.74, 6) is -4.34. The first-order valence-electron chi connectivity index (χ1n) is 38.2. The van der Waals surface area contributed by atoms with Crippen LogP contribution in [0.25, 0.3) is 0 Å². The average Bonchev–Trinajstić information content (AvgIpc) is 0.820. The Labute approximate surface area is 726 Å². The molecule has 3 aromatic rings. The van der Waals surface area contributed by atoms with Gasteiger partial charge >= 0.3 is 53.4 Å². The molecule has 0 atom stereocenters. The number of rotatable bonds is 84. The summed E-state index contributed by atoms with van der Waals surface area (Å²) in [4.78, 5) is 64.6. The van der Waals surface area contributed by atoms with Crippen LogP contribution in [0.1, 0.15) is 16.7 Å². The quantitative estimate of drug-likeness (QED) is 0.0317. The third-order valence-electron chi connectivity index (χ3n) is 15.3. The van der Waals surface area contributed by atoms with E-state index >= 15 is 0 Å². The van der Waals surface area contributed by atoms with E-state index in [1.54, 1.807) is 85.1 Å². The molecule has 41 heteroatoms. The molecule has 3 rings (SSSR count). The topological polar surface area (TPSA) is 428 Å². The number of aliphatic carboxylic acids is 4. The van der Waals surface area contributed by atoms with E-state index in [4.69, 9.17) is 128 Å². The van der Waals surface area contributed by atoms with Gasteiger partial charge in [-0.05, 0) is 53.1 Å². The normalized spacial score (nSPS) is 11.2. The van der Waals surface area contributed by atoms with Gasteiger partial charge in [-0.3, -0.25) is 33.9 Å². The molecule has 671 valence electrons. The van der Waals surface area contributed by atoms with Gasteiger partial charge in [-0.1, -0.05) is 0 Å². The number of benzene rings is 3. The summed E-state index contributed by atoms with van der Waals surface area (Å²) in [6, 6.07) is 11.7. The van der Waals surface area contributed by atoms with Crippen molar-refractivity contribution in [1.29, 1.82) is 0 Å². The minimum atomic E-state index is -1.55. The number of ether oxygens (including phenoxy) is 27. The van der Waals surface area contributed by atoms with E-state index in [0.29, 0.717) is 149 Å². The van der Waals surface area contributed by atoms with Crippen molar-refractivity contribution in [1.82, 2.24) is 14.7 Å². The maximum absolute atomic E-state index is 13.9. The molecular formula is C77H124N3NaO36Tc. The van der Waals surface area contributed by atoms with E-state index in [1.165, 1.54) is 9.80 Å². The van der Waals surface area contributed by atoms with Crippen molar-refractivity contribution in [2.24, 2.45) is 0 Å². The number of carboxylic acids is 4. The molecule has 0 spiro atoms. The zero-order valence-electron chi connectivity index (χ0n) is 69.5. The molecular weight excluding hydrogens is 1660 g/mol. The number of nitrogens with zero attached hydrogens (tertiary/aromatic N) is 3. The van der Waals surface area contributed by atoms with Gasteiger partial charge < -0.3 is 153 Å². The molecule has 3 aromatic carbocycles. The minimum absolute atomic E-state index is 0. The van der Waals surface area contributed by atoms with Crippen molar-refractivity contribution in [2.75, 3.05) is 339 Å². The van der Waals surface area contributed by atoms with Crippen LogP contribution in [0, 0.1) is 0 Å². The van der Waals surface area contributed by atoms with Gasteiger partial charge in [0.25, 0.3) is 0 Å². The van der Waals surface area contributed by atoms with Gasteiger partial charge in [0.1, 0.15) is 71.0 Å². The molecule has 0 aromatic heterocycles. The zero-order valence-corrected chi connectivity index (χ0v) is 73.4. The van der Waals surface area contributed by atoms with Crippen molar-refractivity contribution in [2.45, 2.75) is 19.8 Å². The van der Waals surface area contributed by atoms with Crippen LogP contribution in [0.5, 0.6) is 46.0 Å². The third-order valence-corrected chi connectivity index (χ3v) is 15.3. The second-order valence-electron chi connectivity index (χ2n) is 24.5. The van der Waals surface area contributed by atoms with Crippen LogP contribution < -0.4 is 72.6 Å². The summed E-state index contributed by atoms with van der Waals surface area (Å²) >= 11 is 0. The maximum Gasteiger partial charge on any atom is 1.00 e. The van der Waals surface area contributed by atoms with Crippen molar-refractivity contribution in [3.05, 3.63) is 59.2 Å². The Morgan fingerprint density at radius 1 is 0.280 bits per heavy atom. The smallest absolute Gasteiger partial charge is 0.549 e. The van der Waals surface area contributed by atoms with Crippen molar-refractivity contribution in [3.8, 4) is 46.0 Å². The van der Waals surface area contributed by atoms with E-state index in [2.05, 4.69) is 0 Å². The van der Waals surface area contributed by atoms with Crippen molar-refractivity contribution < 1.29 is 222 Å². The van der Waals surface area contributed by atoms with Crippen LogP contribution in [-0.2, 0) is 154 Å². The first-order chi connectivity index (χ1) is 56.6. The summed E-state index contributed by atoms with van der Waals surface area (Å²) in [5, 5.41) is 40.5. The van der Waals surface area contributed by atoms with E-state index < -0.39 is 69.2 Å². The summed E-state index contributed by atoms with van der Waals surface area (Å²) in [6.07, 6.45) is 0. The number of esters is 1. The molecule has 118 heavy (non-hydrogen) atoms. The molecule has 1 radical (unpaired) electrons. The molecule has 3 N–H and O–H groups in total. The molecule has 0 saturated carbocycles. The predicted octanol–water partition coefficient (Wildman–Crippen LogP) is -1.85. The van der Waals surface area contributed by atoms with Gasteiger partial charge in [-0.25, -0.2) is 0 Å². The number of hydrogen-bond donors (Lipinski definition) is 3. The molecule has 0 amide bonds. The van der Waals surface area contributed by atoms with Crippen LogP contribution in [0.4, 0.5) is 0 Å². The number of carboxylic acid groups (broad SMARTS) is 4. The standard InChI is InChI=1S/C77H125N3O36.Na.Tc/c1-90-11-17-96-23-29-102-35-41-108-67-49-63(50-68(109-42-36-103-30-24-97-18-12-91-2)76(67)112-45-39-106-33-27-100-21-15-94-5)59-114-65-47-62(61-116-75(89)58-80(57-74(87)88)10-8-78(54-71(81)82)7-9-79(55-72(83)84)56-73(85)86)48-66(53-65)115-60-64-51-69(110-43-37-104-31-25-98-19-13-92-3)77(113-46-40-107-34-28-101-22-16-95-6)70(52-64)111-44-38-105-32-26-99-20-14-93-4;;/h47-53H,7-46,54-61H2,1-6H3,(H,81,82)(H,83,84)(H,85,86)(H,87,88);;/q;+1;/p-1. The first kappa shape index (κ1) is 110. The number of hydrogen-bond acceptors (Lipinski definition) is 36. The summed E-state index contributed by atoms with van der Waals surface area (Å²) in [7, 11) is 9.52. The second-order valence-corrected chi connectivity index (χ2v) is 24.5. The predicted molar refractivity (Wildman–Crippen MR) is 409 cm³/mol. The largest absolute Gasteiger partial charge is 1.00 e. The SMILES string of the molecule is COCCOCCOCCOc1cc(COc2cc(COC(=O)CN(CCN(CCN(CC(=O)[O-])CC(=O)O)CC(=O)O)CC(=O)O)cc(OCc3cc(OCCOCCOCCOC)c(OCCOCCOCCOC)c(OCCOCCOCCOC)c3)c2)cc(OCCOCCOCCOC)c1OCCOCCOCCOC.[Na+].[Tc]. The molecule has 0 saturated heterocycles. The first-order valence-corrected chi connectivity index (χ1v) is 38.2. The fraction of sp³-hybridized carbons (Fsp3) is 0.701. The van der Waals surface area contributed by atoms with Crippen molar-refractivity contribution >= 4 is 29.8 Å². The Kier molecular flexibility index (Phi) is 71.1. The minimum Gasteiger partial charge on any atom is -0.549 e. The zero-order chi connectivity index (χ0) is 84.0. The average molecular weight is 1790 g/mol. The Bertz CT molecular complexity index is 2770. The Hall–Kier alpha value is -5.78. The maximum atomic E-state index is 13.9. The van der Waals surface area contributed by atoms with Gasteiger partial charge in [0.2, 0.25) is 11.5 Å². The molecule has 0 bridgehead atoms. The third kappa shape index (κ3) is 59.0. The second kappa shape index (κ2) is 76.1. The van der Waals surface area contributed by atoms with Crippen LogP contribution in [0.15, 0.2) is 42.5 Å². The fourth-order valence-corrected chi connectivity index (χ4v) is 9.80. The number of carbonyl (C=O) groups is 5. The number of methoxy groups -OCH3 is 6. The molecule has 0 aliphatic carbocycles. The molecule has 0 heterocycles. The van der Waals surface area contributed by atoms with E-state index in [0.717, 1.165) is 4.90 Å². The van der Waals surface area contributed by atoms with E-state index in [9.17, 15) is 44.4 Å². The van der Waals surface area contributed by atoms with Crippen LogP contribution in [0.3, 0.4) is 0 Å².